The SMILES string of the molecule is CS(=O)(=O)Cc1nc(C2CC2)n[nH]1. The first-order chi connectivity index (χ1) is 6.04. The van der Waals surface area contributed by atoms with Crippen molar-refractivity contribution in [3.8, 4) is 0 Å². The van der Waals surface area contributed by atoms with E-state index in [-0.39, 0.29) is 5.75 Å². The van der Waals surface area contributed by atoms with Gasteiger partial charge in [0.05, 0.1) is 0 Å². The molecular weight excluding hydrogens is 190 g/mol. The number of aromatic amines is 1. The van der Waals surface area contributed by atoms with Crippen LogP contribution in [0.5, 0.6) is 0 Å². The van der Waals surface area contributed by atoms with Gasteiger partial charge in [-0.3, -0.25) is 5.10 Å². The van der Waals surface area contributed by atoms with Gasteiger partial charge in [-0.05, 0) is 12.8 Å². The van der Waals surface area contributed by atoms with Crippen LogP contribution < -0.4 is 0 Å². The average molecular weight is 201 g/mol. The van der Waals surface area contributed by atoms with Crippen LogP contribution in [0.3, 0.4) is 0 Å². The number of sulfone groups is 1. The van der Waals surface area contributed by atoms with Gasteiger partial charge in [-0.25, -0.2) is 13.4 Å². The van der Waals surface area contributed by atoms with Crippen molar-refractivity contribution in [2.24, 2.45) is 0 Å². The molecule has 1 aliphatic carbocycles. The van der Waals surface area contributed by atoms with Crippen molar-refractivity contribution in [1.29, 1.82) is 0 Å². The summed E-state index contributed by atoms with van der Waals surface area (Å²) in [5.41, 5.74) is 0. The molecule has 1 saturated carbocycles. The summed E-state index contributed by atoms with van der Waals surface area (Å²) < 4.78 is 21.8. The summed E-state index contributed by atoms with van der Waals surface area (Å²) in [6.07, 6.45) is 3.43. The molecule has 0 radical (unpaired) electrons. The third kappa shape index (κ3) is 2.27. The molecule has 0 aromatic carbocycles. The lowest BCUT2D eigenvalue weighted by molar-refractivity contribution is 0.599. The number of hydrogen-bond acceptors (Lipinski definition) is 4. The van der Waals surface area contributed by atoms with Crippen LogP contribution in [0.2, 0.25) is 0 Å². The number of nitrogens with one attached hydrogen (secondary N) is 1. The van der Waals surface area contributed by atoms with E-state index in [0.29, 0.717) is 11.7 Å². The van der Waals surface area contributed by atoms with Crippen molar-refractivity contribution < 1.29 is 8.42 Å². The molecule has 5 nitrogen and oxygen atoms in total. The largest absolute Gasteiger partial charge is 0.262 e. The smallest absolute Gasteiger partial charge is 0.154 e. The van der Waals surface area contributed by atoms with E-state index in [1.165, 1.54) is 6.26 Å². The van der Waals surface area contributed by atoms with Crippen molar-refractivity contribution in [1.82, 2.24) is 15.2 Å². The lowest BCUT2D eigenvalue weighted by Gasteiger charge is -1.90. The van der Waals surface area contributed by atoms with Gasteiger partial charge in [0.2, 0.25) is 0 Å². The maximum atomic E-state index is 10.9. The van der Waals surface area contributed by atoms with Gasteiger partial charge in [0, 0.05) is 12.2 Å². The highest BCUT2D eigenvalue weighted by Gasteiger charge is 2.27. The maximum Gasteiger partial charge on any atom is 0.154 e. The minimum Gasteiger partial charge on any atom is -0.262 e. The molecule has 1 aromatic rings. The Morgan fingerprint density at radius 2 is 2.23 bits per heavy atom. The van der Waals surface area contributed by atoms with Crippen molar-refractivity contribution >= 4 is 9.84 Å². The van der Waals surface area contributed by atoms with Gasteiger partial charge in [-0.15, -0.1) is 0 Å². The van der Waals surface area contributed by atoms with Crippen molar-refractivity contribution in [3.05, 3.63) is 11.6 Å². The first-order valence-corrected chi connectivity index (χ1v) is 6.19. The second-order valence-electron chi connectivity index (χ2n) is 3.48. The van der Waals surface area contributed by atoms with Gasteiger partial charge in [0.15, 0.2) is 15.7 Å². The molecule has 6 heteroatoms. The predicted molar refractivity (Wildman–Crippen MR) is 46.9 cm³/mol. The summed E-state index contributed by atoms with van der Waals surface area (Å²) in [4.78, 5) is 4.11. The van der Waals surface area contributed by atoms with E-state index in [0.717, 1.165) is 18.7 Å². The van der Waals surface area contributed by atoms with Crippen LogP contribution in [0.1, 0.15) is 30.4 Å². The standard InChI is InChI=1S/C7H11N3O2S/c1-13(11,12)4-6-8-7(10-9-6)5-2-3-5/h5H,2-4H2,1H3,(H,8,9,10). The molecule has 0 aliphatic heterocycles. The van der Waals surface area contributed by atoms with E-state index < -0.39 is 9.84 Å². The highest BCUT2D eigenvalue weighted by molar-refractivity contribution is 7.89. The van der Waals surface area contributed by atoms with E-state index in [9.17, 15) is 8.42 Å². The van der Waals surface area contributed by atoms with Crippen molar-refractivity contribution in [2.75, 3.05) is 6.26 Å². The Morgan fingerprint density at radius 1 is 1.54 bits per heavy atom. The Kier molecular flexibility index (Phi) is 1.87. The molecule has 0 amide bonds. The van der Waals surface area contributed by atoms with Crippen LogP contribution in [0.25, 0.3) is 0 Å². The first kappa shape index (κ1) is 8.68. The molecule has 2 rings (SSSR count). The summed E-state index contributed by atoms with van der Waals surface area (Å²) in [5, 5.41) is 6.61. The maximum absolute atomic E-state index is 10.9. The molecule has 0 unspecified atom stereocenters. The number of nitrogens with zero attached hydrogens (tertiary/aromatic N) is 2. The topological polar surface area (TPSA) is 75.7 Å². The van der Waals surface area contributed by atoms with Crippen molar-refractivity contribution in [3.63, 3.8) is 0 Å². The van der Waals surface area contributed by atoms with Gasteiger partial charge in [0.25, 0.3) is 0 Å². The average Bonchev–Trinajstić information content (AvgIpc) is 2.72. The zero-order valence-electron chi connectivity index (χ0n) is 7.32. The minimum absolute atomic E-state index is 0.0489. The molecule has 1 aromatic heterocycles. The van der Waals surface area contributed by atoms with E-state index in [1.807, 2.05) is 0 Å². The quantitative estimate of drug-likeness (QED) is 0.759. The van der Waals surface area contributed by atoms with Gasteiger partial charge in [-0.1, -0.05) is 0 Å². The molecule has 0 bridgehead atoms. The van der Waals surface area contributed by atoms with Gasteiger partial charge < -0.3 is 0 Å². The number of H-pyrrole nitrogens is 1. The first-order valence-electron chi connectivity index (χ1n) is 4.13. The molecule has 0 atom stereocenters. The van der Waals surface area contributed by atoms with Crippen LogP contribution in [0, 0.1) is 0 Å². The van der Waals surface area contributed by atoms with E-state index in [4.69, 9.17) is 0 Å². The molecule has 1 fully saturated rings. The summed E-state index contributed by atoms with van der Waals surface area (Å²) in [6.45, 7) is 0. The lowest BCUT2D eigenvalue weighted by atomic mass is 10.4. The Morgan fingerprint density at radius 3 is 2.77 bits per heavy atom. The summed E-state index contributed by atoms with van der Waals surface area (Å²) in [7, 11) is -3.00. The second-order valence-corrected chi connectivity index (χ2v) is 5.62. The second kappa shape index (κ2) is 2.80. The van der Waals surface area contributed by atoms with Crippen LogP contribution in [0.4, 0.5) is 0 Å². The lowest BCUT2D eigenvalue weighted by Crippen LogP contribution is -2.02. The van der Waals surface area contributed by atoms with Crippen molar-refractivity contribution in [2.45, 2.75) is 24.5 Å². The van der Waals surface area contributed by atoms with Gasteiger partial charge >= 0.3 is 0 Å². The summed E-state index contributed by atoms with van der Waals surface area (Å²) in [5.74, 6) is 1.62. The third-order valence-electron chi connectivity index (χ3n) is 1.89. The van der Waals surface area contributed by atoms with Crippen LogP contribution in [0.15, 0.2) is 0 Å². The molecule has 13 heavy (non-hydrogen) atoms. The molecule has 72 valence electrons. The van der Waals surface area contributed by atoms with Gasteiger partial charge in [0.1, 0.15) is 11.6 Å². The van der Waals surface area contributed by atoms with Crippen LogP contribution >= 0.6 is 0 Å². The van der Waals surface area contributed by atoms with Gasteiger partial charge in [-0.2, -0.15) is 5.10 Å². The van der Waals surface area contributed by atoms with E-state index in [1.54, 1.807) is 0 Å². The molecule has 1 N–H and O–H groups in total. The molecule has 1 aliphatic rings. The summed E-state index contributed by atoms with van der Waals surface area (Å²) >= 11 is 0. The Balaban J connectivity index is 2.13. The Bertz CT molecular complexity index is 405. The number of hydrogen-bond donors (Lipinski definition) is 1. The zero-order chi connectivity index (χ0) is 9.47. The van der Waals surface area contributed by atoms with E-state index >= 15 is 0 Å². The fourth-order valence-electron chi connectivity index (χ4n) is 1.15. The predicted octanol–water partition coefficient (Wildman–Crippen LogP) is 0.227. The molecule has 0 spiro atoms. The van der Waals surface area contributed by atoms with E-state index in [2.05, 4.69) is 15.2 Å². The normalized spacial score (nSPS) is 17.6. The number of aromatic nitrogens is 3. The highest BCUT2D eigenvalue weighted by Crippen LogP contribution is 2.37. The Labute approximate surface area is 76.5 Å². The zero-order valence-corrected chi connectivity index (χ0v) is 8.13. The van der Waals surface area contributed by atoms with Crippen LogP contribution in [-0.2, 0) is 15.6 Å². The number of rotatable bonds is 3. The van der Waals surface area contributed by atoms with Crippen LogP contribution in [-0.4, -0.2) is 29.9 Å². The Hall–Kier alpha value is -0.910. The summed E-state index contributed by atoms with van der Waals surface area (Å²) in [6, 6.07) is 0. The monoisotopic (exact) mass is 201 g/mol. The molecular formula is C7H11N3O2S. The minimum atomic E-state index is -3.00. The fourth-order valence-corrected chi connectivity index (χ4v) is 1.77. The third-order valence-corrected chi connectivity index (χ3v) is 2.69. The molecule has 1 heterocycles. The highest BCUT2D eigenvalue weighted by atomic mass is 32.2. The fraction of sp³-hybridized carbons (Fsp3) is 0.714. The molecule has 0 saturated heterocycles.